The molecule has 0 spiro atoms. The Morgan fingerprint density at radius 2 is 0.941 bits per heavy atom. The largest absolute Gasteiger partial charge is 0.310 e. The Bertz CT molecular complexity index is 3440. The lowest BCUT2D eigenvalue weighted by Crippen LogP contribution is -2.19. The van der Waals surface area contributed by atoms with Crippen molar-refractivity contribution in [3.8, 4) is 0 Å². The minimum absolute atomic E-state index is 0.512. The molecule has 0 aliphatic heterocycles. The number of nitrogens with zero attached hydrogens (tertiary/aromatic N) is 2. The molecule has 68 heavy (non-hydrogen) atoms. The van der Waals surface area contributed by atoms with Gasteiger partial charge in [0.25, 0.3) is 0 Å². The van der Waals surface area contributed by atoms with Crippen LogP contribution in [0.15, 0.2) is 176 Å². The minimum atomic E-state index is 0.512. The lowest BCUT2D eigenvalue weighted by Gasteiger charge is -2.34. The molecule has 334 valence electrons. The highest BCUT2D eigenvalue weighted by Gasteiger charge is 2.30. The van der Waals surface area contributed by atoms with Gasteiger partial charge in [0.15, 0.2) is 0 Å². The summed E-state index contributed by atoms with van der Waals surface area (Å²) in [5, 5.41) is 11.0. The van der Waals surface area contributed by atoms with Crippen molar-refractivity contribution in [2.24, 2.45) is 0 Å². The van der Waals surface area contributed by atoms with Crippen LogP contribution in [0.5, 0.6) is 0 Å². The van der Waals surface area contributed by atoms with E-state index in [2.05, 4.69) is 192 Å². The molecule has 13 rings (SSSR count). The Labute approximate surface area is 402 Å². The van der Waals surface area contributed by atoms with Crippen LogP contribution in [0.2, 0.25) is 0 Å². The van der Waals surface area contributed by atoms with E-state index in [1.54, 1.807) is 11.1 Å². The number of aryl methyl sites for hydroxylation is 1. The summed E-state index contributed by atoms with van der Waals surface area (Å²) >= 11 is 0. The third kappa shape index (κ3) is 7.14. The summed E-state index contributed by atoms with van der Waals surface area (Å²) in [7, 11) is 0. The second-order valence-electron chi connectivity index (χ2n) is 20.2. The Morgan fingerprint density at radius 3 is 1.60 bits per heavy atom. The molecule has 4 aliphatic rings. The molecule has 0 N–H and O–H groups in total. The SMILES string of the molecule is C1=Cc2cccc(N(c3ccc4c(C5CCCCC5)c5cc(N(C6=CCCc7ccccc76)c6cccc7ccccc67)ccc5c(C5CCCCC5)c4c3)c3cccc4ccccc34)c2CC1. The van der Waals surface area contributed by atoms with Crippen LogP contribution in [-0.4, -0.2) is 0 Å². The van der Waals surface area contributed by atoms with Gasteiger partial charge in [-0.2, -0.15) is 0 Å². The Morgan fingerprint density at radius 1 is 0.397 bits per heavy atom. The monoisotopic (exact) mass is 880 g/mol. The number of benzene rings is 9. The highest BCUT2D eigenvalue weighted by atomic mass is 15.2. The van der Waals surface area contributed by atoms with Crippen LogP contribution >= 0.6 is 0 Å². The molecule has 0 unspecified atom stereocenters. The van der Waals surface area contributed by atoms with Crippen LogP contribution in [0.1, 0.15) is 122 Å². The lowest BCUT2D eigenvalue weighted by atomic mass is 9.74. The lowest BCUT2D eigenvalue weighted by molar-refractivity contribution is 0.445. The minimum Gasteiger partial charge on any atom is -0.310 e. The van der Waals surface area contributed by atoms with Crippen molar-refractivity contribution in [1.29, 1.82) is 0 Å². The maximum absolute atomic E-state index is 2.64. The summed E-state index contributed by atoms with van der Waals surface area (Å²) in [5.41, 5.74) is 16.3. The van der Waals surface area contributed by atoms with Gasteiger partial charge in [-0.1, -0.05) is 178 Å². The zero-order chi connectivity index (χ0) is 45.0. The number of allylic oxidation sites excluding steroid dienone is 2. The van der Waals surface area contributed by atoms with E-state index < -0.39 is 0 Å². The quantitative estimate of drug-likeness (QED) is 0.140. The van der Waals surface area contributed by atoms with Crippen LogP contribution in [0, 0.1) is 0 Å². The maximum Gasteiger partial charge on any atom is 0.0540 e. The van der Waals surface area contributed by atoms with E-state index in [0.717, 1.165) is 25.7 Å². The van der Waals surface area contributed by atoms with Crippen molar-refractivity contribution in [3.05, 3.63) is 209 Å². The summed E-state index contributed by atoms with van der Waals surface area (Å²) in [5.74, 6) is 1.02. The van der Waals surface area contributed by atoms with E-state index in [4.69, 9.17) is 0 Å². The fraction of sp³-hybridized carbons (Fsp3) is 0.242. The van der Waals surface area contributed by atoms with Gasteiger partial charge in [-0.25, -0.2) is 0 Å². The Hall–Kier alpha value is -6.90. The average molecular weight is 881 g/mol. The molecular weight excluding hydrogens is 821 g/mol. The van der Waals surface area contributed by atoms with Gasteiger partial charge in [-0.15, -0.1) is 0 Å². The predicted molar refractivity (Wildman–Crippen MR) is 291 cm³/mol. The molecule has 9 aromatic carbocycles. The van der Waals surface area contributed by atoms with Crippen molar-refractivity contribution in [2.45, 2.75) is 102 Å². The number of fused-ring (bicyclic) bond motifs is 6. The van der Waals surface area contributed by atoms with Gasteiger partial charge >= 0.3 is 0 Å². The van der Waals surface area contributed by atoms with E-state index >= 15 is 0 Å². The van der Waals surface area contributed by atoms with E-state index in [0.29, 0.717) is 11.8 Å². The van der Waals surface area contributed by atoms with E-state index in [1.165, 1.54) is 164 Å². The van der Waals surface area contributed by atoms with Crippen molar-refractivity contribution < 1.29 is 0 Å². The van der Waals surface area contributed by atoms with Gasteiger partial charge in [-0.3, -0.25) is 0 Å². The zero-order valence-electron chi connectivity index (χ0n) is 39.3. The number of hydrogen-bond donors (Lipinski definition) is 0. The van der Waals surface area contributed by atoms with Gasteiger partial charge < -0.3 is 9.80 Å². The second kappa shape index (κ2) is 17.6. The fourth-order valence-electron chi connectivity index (χ4n) is 13.2. The fourth-order valence-corrected chi connectivity index (χ4v) is 13.2. The summed E-state index contributed by atoms with van der Waals surface area (Å²) in [4.78, 5) is 5.24. The molecule has 0 amide bonds. The highest BCUT2D eigenvalue weighted by molar-refractivity contribution is 6.11. The van der Waals surface area contributed by atoms with E-state index in [-0.39, 0.29) is 0 Å². The molecule has 0 saturated heterocycles. The van der Waals surface area contributed by atoms with Gasteiger partial charge in [0.1, 0.15) is 0 Å². The third-order valence-electron chi connectivity index (χ3n) is 16.3. The maximum atomic E-state index is 2.64. The van der Waals surface area contributed by atoms with E-state index in [9.17, 15) is 0 Å². The van der Waals surface area contributed by atoms with Crippen LogP contribution in [0.4, 0.5) is 28.4 Å². The molecule has 0 aromatic heterocycles. The zero-order valence-corrected chi connectivity index (χ0v) is 39.3. The first-order chi connectivity index (χ1) is 33.8. The summed E-state index contributed by atoms with van der Waals surface area (Å²) in [6, 6.07) is 63.2. The molecule has 2 saturated carbocycles. The first-order valence-electron chi connectivity index (χ1n) is 25.9. The molecule has 2 heteroatoms. The van der Waals surface area contributed by atoms with Crippen LogP contribution < -0.4 is 9.80 Å². The highest BCUT2D eigenvalue weighted by Crippen LogP contribution is 2.52. The van der Waals surface area contributed by atoms with Crippen LogP contribution in [0.3, 0.4) is 0 Å². The molecule has 0 heterocycles. The van der Waals surface area contributed by atoms with E-state index in [1.807, 2.05) is 0 Å². The van der Waals surface area contributed by atoms with Gasteiger partial charge in [0, 0.05) is 39.1 Å². The number of anilines is 5. The van der Waals surface area contributed by atoms with Gasteiger partial charge in [-0.05, 0) is 166 Å². The molecule has 0 radical (unpaired) electrons. The molecule has 9 aromatic rings. The topological polar surface area (TPSA) is 6.48 Å². The van der Waals surface area contributed by atoms with Crippen LogP contribution in [0.25, 0.3) is 54.9 Å². The molecule has 2 fully saturated rings. The summed E-state index contributed by atoms with van der Waals surface area (Å²) in [6.07, 6.45) is 24.2. The van der Waals surface area contributed by atoms with Crippen molar-refractivity contribution in [2.75, 3.05) is 9.80 Å². The van der Waals surface area contributed by atoms with Crippen LogP contribution in [-0.2, 0) is 12.8 Å². The standard InChI is InChI=1S/C66H60N2/c1-3-23-49(24-4-1)65-57-41-39-52(68(63-37-17-29-47-21-9-13-33-55(47)63)64-38-18-30-48-22-10-14-34-56(48)64)44-60(57)66(50-25-5-2-6-26-50)58-42-40-51(43-59(58)65)67(61-35-15-27-45-19-7-11-31-53(45)61)62-36-16-28-46-20-8-12-32-54(46)62/h7-13,15,17-22,27,29-33,35-44,49-50H,1-6,14,16,23-26,28,34H2. The summed E-state index contributed by atoms with van der Waals surface area (Å²) in [6.45, 7) is 0. The molecule has 4 aliphatic carbocycles. The van der Waals surface area contributed by atoms with Crippen molar-refractivity contribution in [1.82, 2.24) is 0 Å². The predicted octanol–water partition coefficient (Wildman–Crippen LogP) is 18.9. The smallest absolute Gasteiger partial charge is 0.0540 e. The first kappa shape index (κ1) is 41.3. The Balaban J connectivity index is 1.09. The Kier molecular flexibility index (Phi) is 10.7. The average Bonchev–Trinajstić information content (AvgIpc) is 3.41. The molecule has 0 atom stereocenters. The van der Waals surface area contributed by atoms with Gasteiger partial charge in [0.2, 0.25) is 0 Å². The number of rotatable bonds is 8. The third-order valence-corrected chi connectivity index (χ3v) is 16.3. The molecule has 2 nitrogen and oxygen atoms in total. The normalized spacial score (nSPS) is 16.5. The number of hydrogen-bond acceptors (Lipinski definition) is 2. The first-order valence-corrected chi connectivity index (χ1v) is 25.9. The van der Waals surface area contributed by atoms with Crippen molar-refractivity contribution >= 4 is 83.3 Å². The summed E-state index contributed by atoms with van der Waals surface area (Å²) < 4.78 is 0. The second-order valence-corrected chi connectivity index (χ2v) is 20.2. The molecular formula is C66H60N2. The molecule has 0 bridgehead atoms. The van der Waals surface area contributed by atoms with Crippen molar-refractivity contribution in [3.63, 3.8) is 0 Å². The van der Waals surface area contributed by atoms with Gasteiger partial charge in [0.05, 0.1) is 11.4 Å².